The molecule has 5 nitrogen and oxygen atoms in total. The maximum absolute atomic E-state index is 11.9. The molecular weight excluding hydrogens is 277 g/mol. The normalized spacial score (nSPS) is 10.8. The van der Waals surface area contributed by atoms with E-state index in [0.29, 0.717) is 16.6 Å². The molecule has 0 saturated heterocycles. The molecule has 1 aromatic carbocycles. The topological polar surface area (TPSA) is 88.3 Å². The van der Waals surface area contributed by atoms with E-state index < -0.39 is 12.3 Å². The molecule has 1 aromatic heterocycles. The molecule has 0 spiro atoms. The number of aromatic nitrogens is 1. The molecule has 0 amide bonds. The Morgan fingerprint density at radius 2 is 2.05 bits per heavy atom. The Bertz CT molecular complexity index is 593. The Labute approximate surface area is 112 Å². The number of ether oxygens (including phenoxy) is 1. The minimum atomic E-state index is -4.68. The first kappa shape index (κ1) is 15.7. The number of benzene rings is 1. The van der Waals surface area contributed by atoms with Crippen molar-refractivity contribution in [3.63, 3.8) is 0 Å². The highest BCUT2D eigenvalue weighted by Gasteiger charge is 2.31. The summed E-state index contributed by atoms with van der Waals surface area (Å²) < 4.78 is 39.5. The highest BCUT2D eigenvalue weighted by atomic mass is 19.4. The van der Waals surface area contributed by atoms with Crippen LogP contribution in [0.15, 0.2) is 24.4 Å². The summed E-state index contributed by atoms with van der Waals surface area (Å²) in [6.45, 7) is 1.60. The molecule has 110 valence electrons. The number of carboxylic acids is 1. The van der Waals surface area contributed by atoms with E-state index in [1.165, 1.54) is 24.4 Å². The van der Waals surface area contributed by atoms with E-state index in [2.05, 4.69) is 9.72 Å². The van der Waals surface area contributed by atoms with Crippen LogP contribution >= 0.6 is 0 Å². The van der Waals surface area contributed by atoms with Crippen molar-refractivity contribution in [2.75, 3.05) is 5.73 Å². The molecule has 0 aliphatic carbocycles. The van der Waals surface area contributed by atoms with Crippen molar-refractivity contribution in [3.8, 4) is 5.75 Å². The number of nitrogens with one attached hydrogen (secondary N) is 1. The monoisotopic (exact) mass is 290 g/mol. The molecule has 0 radical (unpaired) electrons. The first-order chi connectivity index (χ1) is 9.23. The van der Waals surface area contributed by atoms with Crippen LogP contribution in [0.4, 0.5) is 18.9 Å². The molecule has 0 atom stereocenters. The average molecular weight is 290 g/mol. The minimum Gasteiger partial charge on any atom is -0.481 e. The quantitative estimate of drug-likeness (QED) is 0.792. The summed E-state index contributed by atoms with van der Waals surface area (Å²) in [5.41, 5.74) is 6.60. The molecule has 2 rings (SSSR count). The maximum Gasteiger partial charge on any atom is 0.573 e. The number of aromatic amines is 1. The Balaban J connectivity index is 0.000000347. The van der Waals surface area contributed by atoms with Gasteiger partial charge in [0, 0.05) is 23.5 Å². The lowest BCUT2D eigenvalue weighted by Crippen LogP contribution is -2.16. The SMILES string of the molecule is CCC(=O)O.Nc1c[nH]c2ccc(OC(F)(F)F)cc12. The van der Waals surface area contributed by atoms with Crippen molar-refractivity contribution in [3.05, 3.63) is 24.4 Å². The van der Waals surface area contributed by atoms with Gasteiger partial charge in [0.2, 0.25) is 0 Å². The average Bonchev–Trinajstić information content (AvgIpc) is 2.70. The second kappa shape index (κ2) is 6.18. The zero-order valence-corrected chi connectivity index (χ0v) is 10.5. The van der Waals surface area contributed by atoms with Gasteiger partial charge in [0.05, 0.1) is 5.69 Å². The standard InChI is InChI=1S/C9H7F3N2O.C3H6O2/c10-9(11,12)15-5-1-2-8-6(3-5)7(13)4-14-8;1-2-3(4)5/h1-4,14H,13H2;2H2,1H3,(H,4,5). The molecule has 0 fully saturated rings. The van der Waals surface area contributed by atoms with Gasteiger partial charge in [0.1, 0.15) is 5.75 Å². The van der Waals surface area contributed by atoms with E-state index >= 15 is 0 Å². The number of nitrogens with two attached hydrogens (primary N) is 1. The van der Waals surface area contributed by atoms with E-state index in [9.17, 15) is 18.0 Å². The number of anilines is 1. The highest BCUT2D eigenvalue weighted by Crippen LogP contribution is 2.28. The Kier molecular flexibility index (Phi) is 4.84. The van der Waals surface area contributed by atoms with Crippen LogP contribution in [0, 0.1) is 0 Å². The predicted octanol–water partition coefficient (Wildman–Crippen LogP) is 3.13. The van der Waals surface area contributed by atoms with Crippen molar-refractivity contribution in [1.82, 2.24) is 4.98 Å². The summed E-state index contributed by atoms with van der Waals surface area (Å²) in [6.07, 6.45) is -2.94. The summed E-state index contributed by atoms with van der Waals surface area (Å²) in [4.78, 5) is 12.2. The largest absolute Gasteiger partial charge is 0.573 e. The van der Waals surface area contributed by atoms with Gasteiger partial charge < -0.3 is 20.6 Å². The van der Waals surface area contributed by atoms with E-state index in [0.717, 1.165) is 0 Å². The highest BCUT2D eigenvalue weighted by molar-refractivity contribution is 5.92. The maximum atomic E-state index is 11.9. The summed E-state index contributed by atoms with van der Waals surface area (Å²) in [5.74, 6) is -1.02. The number of hydrogen-bond donors (Lipinski definition) is 3. The number of H-pyrrole nitrogens is 1. The second-order valence-corrected chi connectivity index (χ2v) is 3.75. The third kappa shape index (κ3) is 4.71. The lowest BCUT2D eigenvalue weighted by atomic mass is 10.2. The molecule has 0 aliphatic heterocycles. The van der Waals surface area contributed by atoms with Crippen LogP contribution in [0.5, 0.6) is 5.75 Å². The van der Waals surface area contributed by atoms with Gasteiger partial charge in [-0.3, -0.25) is 4.79 Å². The minimum absolute atomic E-state index is 0.222. The zero-order valence-electron chi connectivity index (χ0n) is 10.5. The fraction of sp³-hybridized carbons (Fsp3) is 0.250. The molecule has 0 unspecified atom stereocenters. The molecule has 4 N–H and O–H groups in total. The molecule has 2 aromatic rings. The summed E-state index contributed by atoms with van der Waals surface area (Å²) >= 11 is 0. The van der Waals surface area contributed by atoms with E-state index in [1.54, 1.807) is 6.92 Å². The van der Waals surface area contributed by atoms with Crippen LogP contribution in [0.3, 0.4) is 0 Å². The molecule has 8 heteroatoms. The first-order valence-electron chi connectivity index (χ1n) is 5.57. The smallest absolute Gasteiger partial charge is 0.481 e. The number of alkyl halides is 3. The van der Waals surface area contributed by atoms with Crippen LogP contribution in [-0.4, -0.2) is 22.4 Å². The van der Waals surface area contributed by atoms with E-state index in [-0.39, 0.29) is 12.2 Å². The molecule has 20 heavy (non-hydrogen) atoms. The van der Waals surface area contributed by atoms with Gasteiger partial charge in [0.25, 0.3) is 0 Å². The van der Waals surface area contributed by atoms with Crippen molar-refractivity contribution in [1.29, 1.82) is 0 Å². The van der Waals surface area contributed by atoms with Crippen LogP contribution in [0.1, 0.15) is 13.3 Å². The second-order valence-electron chi connectivity index (χ2n) is 3.75. The zero-order chi connectivity index (χ0) is 15.3. The fourth-order valence-electron chi connectivity index (χ4n) is 1.32. The van der Waals surface area contributed by atoms with Crippen LogP contribution in [0.25, 0.3) is 10.9 Å². The summed E-state index contributed by atoms with van der Waals surface area (Å²) in [5, 5.41) is 8.23. The Hall–Kier alpha value is -2.38. The van der Waals surface area contributed by atoms with Gasteiger partial charge in [0.15, 0.2) is 0 Å². The summed E-state index contributed by atoms with van der Waals surface area (Å²) in [7, 11) is 0. The van der Waals surface area contributed by atoms with Gasteiger partial charge in [-0.1, -0.05) is 6.92 Å². The number of aliphatic carboxylic acids is 1. The molecular formula is C12H13F3N2O3. The predicted molar refractivity (Wildman–Crippen MR) is 67.3 cm³/mol. The van der Waals surface area contributed by atoms with Crippen molar-refractivity contribution >= 4 is 22.6 Å². The molecule has 0 bridgehead atoms. The van der Waals surface area contributed by atoms with Gasteiger partial charge in [-0.25, -0.2) is 0 Å². The number of hydrogen-bond acceptors (Lipinski definition) is 3. The van der Waals surface area contributed by atoms with Crippen molar-refractivity contribution in [2.45, 2.75) is 19.7 Å². The Morgan fingerprint density at radius 1 is 1.45 bits per heavy atom. The van der Waals surface area contributed by atoms with Crippen molar-refractivity contribution in [2.24, 2.45) is 0 Å². The van der Waals surface area contributed by atoms with Crippen LogP contribution in [-0.2, 0) is 4.79 Å². The first-order valence-corrected chi connectivity index (χ1v) is 5.57. The third-order valence-corrected chi connectivity index (χ3v) is 2.22. The number of rotatable bonds is 2. The van der Waals surface area contributed by atoms with Crippen LogP contribution in [0.2, 0.25) is 0 Å². The van der Waals surface area contributed by atoms with Gasteiger partial charge >= 0.3 is 12.3 Å². The lowest BCUT2D eigenvalue weighted by molar-refractivity contribution is -0.274. The molecule has 1 heterocycles. The van der Waals surface area contributed by atoms with E-state index in [4.69, 9.17) is 10.8 Å². The van der Waals surface area contributed by atoms with Crippen molar-refractivity contribution < 1.29 is 27.8 Å². The number of nitrogen functional groups attached to an aromatic ring is 1. The van der Waals surface area contributed by atoms with Gasteiger partial charge in [-0.05, 0) is 18.2 Å². The number of fused-ring (bicyclic) bond motifs is 1. The fourth-order valence-corrected chi connectivity index (χ4v) is 1.32. The summed E-state index contributed by atoms with van der Waals surface area (Å²) in [6, 6.07) is 3.95. The number of carboxylic acid groups (broad SMARTS) is 1. The Morgan fingerprint density at radius 3 is 2.55 bits per heavy atom. The van der Waals surface area contributed by atoms with Gasteiger partial charge in [-0.15, -0.1) is 13.2 Å². The number of carbonyl (C=O) groups is 1. The van der Waals surface area contributed by atoms with E-state index in [1.807, 2.05) is 0 Å². The van der Waals surface area contributed by atoms with Gasteiger partial charge in [-0.2, -0.15) is 0 Å². The molecule has 0 saturated carbocycles. The molecule has 0 aliphatic rings. The third-order valence-electron chi connectivity index (χ3n) is 2.22. The lowest BCUT2D eigenvalue weighted by Gasteiger charge is -2.08. The number of halogens is 3. The van der Waals surface area contributed by atoms with Crippen LogP contribution < -0.4 is 10.5 Å².